The number of nitrogens with zero attached hydrogens (tertiary/aromatic N) is 1. The number of carbonyl (C=O) groups excluding carboxylic acids is 2. The predicted molar refractivity (Wildman–Crippen MR) is 111 cm³/mol. The van der Waals surface area contributed by atoms with Gasteiger partial charge in [0.1, 0.15) is 0 Å². The molecule has 0 radical (unpaired) electrons. The summed E-state index contributed by atoms with van der Waals surface area (Å²) in [6, 6.07) is 10.4. The van der Waals surface area contributed by atoms with Crippen LogP contribution in [0, 0.1) is 10.1 Å². The molecule has 8 heteroatoms. The van der Waals surface area contributed by atoms with Gasteiger partial charge in [-0.05, 0) is 49.2 Å². The molecule has 158 valence electrons. The highest BCUT2D eigenvalue weighted by Gasteiger charge is 2.11. The van der Waals surface area contributed by atoms with Crippen molar-refractivity contribution in [2.24, 2.45) is 0 Å². The third-order valence-electron chi connectivity index (χ3n) is 3.89. The maximum Gasteiger partial charge on any atom is 0.331 e. The van der Waals surface area contributed by atoms with E-state index in [1.165, 1.54) is 30.3 Å². The van der Waals surface area contributed by atoms with Crippen LogP contribution < -0.4 is 9.47 Å². The lowest BCUT2D eigenvalue weighted by molar-refractivity contribution is -0.384. The van der Waals surface area contributed by atoms with Gasteiger partial charge in [0, 0.05) is 23.8 Å². The van der Waals surface area contributed by atoms with Crippen molar-refractivity contribution in [3.8, 4) is 11.5 Å². The van der Waals surface area contributed by atoms with Gasteiger partial charge in [-0.3, -0.25) is 14.9 Å². The molecule has 0 aromatic heterocycles. The summed E-state index contributed by atoms with van der Waals surface area (Å²) in [4.78, 5) is 34.0. The summed E-state index contributed by atoms with van der Waals surface area (Å²) in [6.07, 6.45) is 3.63. The molecule has 0 aliphatic heterocycles. The number of rotatable bonds is 11. The van der Waals surface area contributed by atoms with Crippen LogP contribution in [-0.2, 0) is 9.53 Å². The molecule has 0 unspecified atom stereocenters. The Hall–Kier alpha value is -3.68. The molecular weight excluding hydrogens is 390 g/mol. The SMILES string of the molecule is CCCOc1ccc(/C=C/C(=O)OCC(=O)c2ccc([N+](=O)[O-])cc2)cc1OCC. The maximum absolute atomic E-state index is 12.0. The summed E-state index contributed by atoms with van der Waals surface area (Å²) in [5, 5.41) is 10.6. The first-order valence-corrected chi connectivity index (χ1v) is 9.46. The molecule has 0 amide bonds. The fourth-order valence-corrected chi connectivity index (χ4v) is 2.43. The molecule has 0 aliphatic rings. The average molecular weight is 413 g/mol. The Bertz CT molecular complexity index is 920. The van der Waals surface area contributed by atoms with Crippen LogP contribution in [0.5, 0.6) is 11.5 Å². The van der Waals surface area contributed by atoms with E-state index in [1.807, 2.05) is 13.8 Å². The van der Waals surface area contributed by atoms with E-state index in [1.54, 1.807) is 24.3 Å². The summed E-state index contributed by atoms with van der Waals surface area (Å²) >= 11 is 0. The van der Waals surface area contributed by atoms with E-state index >= 15 is 0 Å². The van der Waals surface area contributed by atoms with E-state index in [9.17, 15) is 19.7 Å². The van der Waals surface area contributed by atoms with Crippen molar-refractivity contribution in [1.82, 2.24) is 0 Å². The van der Waals surface area contributed by atoms with Gasteiger partial charge in [-0.15, -0.1) is 0 Å². The van der Waals surface area contributed by atoms with Crippen LogP contribution in [-0.4, -0.2) is 36.5 Å². The third kappa shape index (κ3) is 6.73. The number of ether oxygens (including phenoxy) is 3. The van der Waals surface area contributed by atoms with Crippen molar-refractivity contribution in [3.05, 3.63) is 69.8 Å². The molecule has 8 nitrogen and oxygen atoms in total. The second-order valence-corrected chi connectivity index (χ2v) is 6.16. The third-order valence-corrected chi connectivity index (χ3v) is 3.89. The molecule has 0 fully saturated rings. The van der Waals surface area contributed by atoms with Crippen LogP contribution in [0.1, 0.15) is 36.2 Å². The Morgan fingerprint density at radius 1 is 1.03 bits per heavy atom. The van der Waals surface area contributed by atoms with Gasteiger partial charge in [-0.25, -0.2) is 4.79 Å². The summed E-state index contributed by atoms with van der Waals surface area (Å²) < 4.78 is 16.1. The first-order valence-electron chi connectivity index (χ1n) is 9.46. The minimum absolute atomic E-state index is 0.121. The van der Waals surface area contributed by atoms with E-state index in [0.29, 0.717) is 30.3 Å². The van der Waals surface area contributed by atoms with Gasteiger partial charge in [0.15, 0.2) is 23.9 Å². The van der Waals surface area contributed by atoms with Crippen molar-refractivity contribution >= 4 is 23.5 Å². The molecule has 30 heavy (non-hydrogen) atoms. The Kier molecular flexibility index (Phi) is 8.56. The van der Waals surface area contributed by atoms with Crippen LogP contribution in [0.2, 0.25) is 0 Å². The summed E-state index contributed by atoms with van der Waals surface area (Å²) in [6.45, 7) is 4.46. The first kappa shape index (κ1) is 22.6. The van der Waals surface area contributed by atoms with E-state index < -0.39 is 23.3 Å². The summed E-state index contributed by atoms with van der Waals surface area (Å²) in [5.41, 5.74) is 0.811. The number of hydrogen-bond donors (Lipinski definition) is 0. The molecule has 0 aliphatic carbocycles. The molecule has 0 saturated heterocycles. The molecule has 2 aromatic rings. The maximum atomic E-state index is 12.0. The number of Topliss-reactive ketones (excluding diaryl/α,β-unsaturated/α-hetero) is 1. The van der Waals surface area contributed by atoms with E-state index in [0.717, 1.165) is 6.42 Å². The Morgan fingerprint density at radius 2 is 1.77 bits per heavy atom. The molecule has 2 aromatic carbocycles. The number of esters is 1. The second-order valence-electron chi connectivity index (χ2n) is 6.16. The number of nitro benzene ring substituents is 1. The number of nitro groups is 1. The zero-order valence-electron chi connectivity index (χ0n) is 16.8. The number of hydrogen-bond acceptors (Lipinski definition) is 7. The number of carbonyl (C=O) groups is 2. The van der Waals surface area contributed by atoms with Crippen molar-refractivity contribution < 1.29 is 28.7 Å². The summed E-state index contributed by atoms with van der Waals surface area (Å²) in [7, 11) is 0. The minimum Gasteiger partial charge on any atom is -0.490 e. The van der Waals surface area contributed by atoms with Crippen LogP contribution in [0.15, 0.2) is 48.5 Å². The monoisotopic (exact) mass is 413 g/mol. The van der Waals surface area contributed by atoms with Gasteiger partial charge in [-0.1, -0.05) is 13.0 Å². The highest BCUT2D eigenvalue weighted by molar-refractivity contribution is 5.99. The Morgan fingerprint density at radius 3 is 2.40 bits per heavy atom. The van der Waals surface area contributed by atoms with Crippen LogP contribution in [0.3, 0.4) is 0 Å². The second kappa shape index (κ2) is 11.4. The smallest absolute Gasteiger partial charge is 0.331 e. The standard InChI is InChI=1S/C22H23NO7/c1-3-13-29-20-11-5-16(14-21(20)28-4-2)6-12-22(25)30-15-19(24)17-7-9-18(10-8-17)23(26)27/h5-12,14H,3-4,13,15H2,1-2H3/b12-6+. The average Bonchev–Trinajstić information content (AvgIpc) is 2.75. The molecule has 0 bridgehead atoms. The first-order chi connectivity index (χ1) is 14.4. The van der Waals surface area contributed by atoms with Gasteiger partial charge < -0.3 is 14.2 Å². The lowest BCUT2D eigenvalue weighted by atomic mass is 10.1. The topological polar surface area (TPSA) is 105 Å². The minimum atomic E-state index is -0.686. The highest BCUT2D eigenvalue weighted by Crippen LogP contribution is 2.29. The normalized spacial score (nSPS) is 10.6. The van der Waals surface area contributed by atoms with E-state index in [4.69, 9.17) is 14.2 Å². The number of non-ortho nitro benzene ring substituents is 1. The predicted octanol–water partition coefficient (Wildman–Crippen LogP) is 4.22. The van der Waals surface area contributed by atoms with Gasteiger partial charge in [0.05, 0.1) is 18.1 Å². The number of benzene rings is 2. The molecule has 0 spiro atoms. The van der Waals surface area contributed by atoms with Gasteiger partial charge in [-0.2, -0.15) is 0 Å². The number of ketones is 1. The van der Waals surface area contributed by atoms with Crippen LogP contribution in [0.25, 0.3) is 6.08 Å². The fraction of sp³-hybridized carbons (Fsp3) is 0.273. The summed E-state index contributed by atoms with van der Waals surface area (Å²) in [5.74, 6) is 0.0687. The molecule has 0 atom stereocenters. The molecule has 2 rings (SSSR count). The Labute approximate surface area is 174 Å². The lowest BCUT2D eigenvalue weighted by Gasteiger charge is -2.12. The van der Waals surface area contributed by atoms with Crippen molar-refractivity contribution in [2.75, 3.05) is 19.8 Å². The molecule has 0 N–H and O–H groups in total. The zero-order chi connectivity index (χ0) is 21.9. The van der Waals surface area contributed by atoms with E-state index in [2.05, 4.69) is 0 Å². The van der Waals surface area contributed by atoms with Crippen molar-refractivity contribution in [1.29, 1.82) is 0 Å². The van der Waals surface area contributed by atoms with Crippen LogP contribution in [0.4, 0.5) is 5.69 Å². The molecule has 0 heterocycles. The highest BCUT2D eigenvalue weighted by atomic mass is 16.6. The van der Waals surface area contributed by atoms with Gasteiger partial charge >= 0.3 is 5.97 Å². The van der Waals surface area contributed by atoms with Crippen molar-refractivity contribution in [3.63, 3.8) is 0 Å². The van der Waals surface area contributed by atoms with Crippen molar-refractivity contribution in [2.45, 2.75) is 20.3 Å². The fourth-order valence-electron chi connectivity index (χ4n) is 2.43. The Balaban J connectivity index is 1.94. The molecule has 0 saturated carbocycles. The zero-order valence-corrected chi connectivity index (χ0v) is 16.8. The lowest BCUT2D eigenvalue weighted by Crippen LogP contribution is -2.12. The largest absolute Gasteiger partial charge is 0.490 e. The quantitative estimate of drug-likeness (QED) is 0.178. The van der Waals surface area contributed by atoms with E-state index in [-0.39, 0.29) is 11.3 Å². The van der Waals surface area contributed by atoms with Gasteiger partial charge in [0.2, 0.25) is 0 Å². The van der Waals surface area contributed by atoms with Crippen LogP contribution >= 0.6 is 0 Å². The van der Waals surface area contributed by atoms with Gasteiger partial charge in [0.25, 0.3) is 5.69 Å². The molecular formula is C22H23NO7.